The van der Waals surface area contributed by atoms with Gasteiger partial charge < -0.3 is 25.6 Å². The third kappa shape index (κ3) is 5.95. The Kier molecular flexibility index (Phi) is 7.55. The molecule has 0 aliphatic heterocycles. The number of hydrogen-bond acceptors (Lipinski definition) is 7. The number of hydrogen-bond donors (Lipinski definition) is 3. The first kappa shape index (κ1) is 22.5. The van der Waals surface area contributed by atoms with Crippen molar-refractivity contribution >= 4 is 23.4 Å². The van der Waals surface area contributed by atoms with Crippen LogP contribution in [0.1, 0.15) is 17.5 Å². The van der Waals surface area contributed by atoms with Crippen LogP contribution in [-0.4, -0.2) is 39.9 Å². The molecule has 0 spiro atoms. The largest absolute Gasteiger partial charge is 0.391 e. The molecule has 1 aromatic heterocycles. The van der Waals surface area contributed by atoms with E-state index in [2.05, 4.69) is 15.3 Å². The third-order valence-corrected chi connectivity index (χ3v) is 5.78. The Morgan fingerprint density at radius 1 is 1.00 bits per heavy atom. The van der Waals surface area contributed by atoms with Gasteiger partial charge in [0.15, 0.2) is 0 Å². The van der Waals surface area contributed by atoms with Crippen molar-refractivity contribution in [2.45, 2.75) is 37.9 Å². The van der Waals surface area contributed by atoms with E-state index in [1.165, 1.54) is 0 Å². The highest BCUT2D eigenvalue weighted by molar-refractivity contribution is 6.29. The molecule has 2 aromatic carbocycles. The summed E-state index contributed by atoms with van der Waals surface area (Å²) in [7, 11) is 0. The van der Waals surface area contributed by atoms with Crippen LogP contribution in [0.3, 0.4) is 0 Å². The number of nitrogen functional groups attached to an aromatic ring is 1. The highest BCUT2D eigenvalue weighted by Crippen LogP contribution is 2.33. The van der Waals surface area contributed by atoms with Gasteiger partial charge in [-0.05, 0) is 17.5 Å². The Morgan fingerprint density at radius 3 is 2.31 bits per heavy atom. The minimum atomic E-state index is -0.693. The lowest BCUT2D eigenvalue weighted by molar-refractivity contribution is -0.0463. The van der Waals surface area contributed by atoms with Crippen molar-refractivity contribution in [3.8, 4) is 0 Å². The molecule has 32 heavy (non-hydrogen) atoms. The third-order valence-electron chi connectivity index (χ3n) is 5.59. The molecule has 1 heterocycles. The van der Waals surface area contributed by atoms with Crippen molar-refractivity contribution < 1.29 is 14.6 Å². The van der Waals surface area contributed by atoms with Gasteiger partial charge in [0, 0.05) is 12.0 Å². The molecule has 4 atom stereocenters. The monoisotopic (exact) mass is 456 g/mol. The number of nitrogens with two attached hydrogens (primary N) is 1. The first-order valence-electron chi connectivity index (χ1n) is 10.6. The van der Waals surface area contributed by atoms with Gasteiger partial charge in [-0.15, -0.1) is 0 Å². The second-order valence-corrected chi connectivity index (χ2v) is 8.30. The molecule has 8 heteroatoms. The Balaban J connectivity index is 1.43. The average Bonchev–Trinajstić information content (AvgIpc) is 3.07. The zero-order valence-corrected chi connectivity index (χ0v) is 18.4. The van der Waals surface area contributed by atoms with Gasteiger partial charge >= 0.3 is 0 Å². The summed E-state index contributed by atoms with van der Waals surface area (Å²) in [6.07, 6.45) is -0.288. The highest BCUT2D eigenvalue weighted by atomic mass is 35.5. The molecule has 0 amide bonds. The van der Waals surface area contributed by atoms with Gasteiger partial charge in [-0.1, -0.05) is 72.3 Å². The number of benzene rings is 2. The zero-order valence-electron chi connectivity index (χ0n) is 17.6. The van der Waals surface area contributed by atoms with Gasteiger partial charge in [0.1, 0.15) is 11.0 Å². The molecule has 4 rings (SSSR count). The van der Waals surface area contributed by atoms with Crippen LogP contribution in [0.2, 0.25) is 5.15 Å². The van der Waals surface area contributed by atoms with Crippen molar-refractivity contribution in [1.29, 1.82) is 0 Å². The second kappa shape index (κ2) is 10.7. The summed E-state index contributed by atoms with van der Waals surface area (Å²) >= 11 is 6.00. The maximum absolute atomic E-state index is 11.1. The van der Waals surface area contributed by atoms with Crippen molar-refractivity contribution in [2.75, 3.05) is 17.7 Å². The molecule has 4 N–H and O–H groups in total. The number of nitrogens with zero attached hydrogens (tertiary/aromatic N) is 2. The number of rotatable bonds is 9. The lowest BCUT2D eigenvalue weighted by Gasteiger charge is -2.23. The van der Waals surface area contributed by atoms with E-state index in [4.69, 9.17) is 26.8 Å². The average molecular weight is 457 g/mol. The van der Waals surface area contributed by atoms with Gasteiger partial charge in [0.25, 0.3) is 0 Å². The lowest BCUT2D eigenvalue weighted by atomic mass is 10.0. The van der Waals surface area contributed by atoms with Crippen LogP contribution in [0.15, 0.2) is 66.7 Å². The predicted octanol–water partition coefficient (Wildman–Crippen LogP) is 3.68. The van der Waals surface area contributed by atoms with Crippen LogP contribution in [0.4, 0.5) is 11.8 Å². The van der Waals surface area contributed by atoms with Crippen LogP contribution in [0.5, 0.6) is 0 Å². The highest BCUT2D eigenvalue weighted by Gasteiger charge is 2.43. The SMILES string of the molecule is Nc1n[13c](Cl)c[13c](N[C@H]2C[C@H](OCc3ccccc3)[C@@H](COCc3ccccc3)[C@@H]2O)n1. The van der Waals surface area contributed by atoms with Crippen LogP contribution in [0, 0.1) is 5.92 Å². The smallest absolute Gasteiger partial charge is 0.223 e. The Bertz CT molecular complexity index is 973. The number of ether oxygens (including phenoxy) is 2. The Labute approximate surface area is 192 Å². The molecule has 0 bridgehead atoms. The summed E-state index contributed by atoms with van der Waals surface area (Å²) in [5.41, 5.74) is 7.87. The van der Waals surface area contributed by atoms with Crippen molar-refractivity contribution in [3.05, 3.63) is 83.0 Å². The van der Waals surface area contributed by atoms with Crippen molar-refractivity contribution in [3.63, 3.8) is 0 Å². The summed E-state index contributed by atoms with van der Waals surface area (Å²) < 4.78 is 12.2. The van der Waals surface area contributed by atoms with Gasteiger partial charge in [-0.2, -0.15) is 4.98 Å². The molecule has 0 unspecified atom stereocenters. The summed E-state index contributed by atoms with van der Waals surface area (Å²) in [6.45, 7) is 1.32. The molecule has 1 aliphatic rings. The minimum Gasteiger partial charge on any atom is -0.391 e. The van der Waals surface area contributed by atoms with E-state index in [0.717, 1.165) is 11.1 Å². The minimum absolute atomic E-state index is 0.0760. The van der Waals surface area contributed by atoms with E-state index >= 15 is 0 Å². The summed E-state index contributed by atoms with van der Waals surface area (Å²) in [6, 6.07) is 21.2. The fourth-order valence-corrected chi connectivity index (χ4v) is 4.18. The topological polar surface area (TPSA) is 103 Å². The van der Waals surface area contributed by atoms with Crippen molar-refractivity contribution in [2.24, 2.45) is 5.92 Å². The summed E-state index contributed by atoms with van der Waals surface area (Å²) in [4.78, 5) is 8.04. The van der Waals surface area contributed by atoms with E-state index < -0.39 is 6.10 Å². The van der Waals surface area contributed by atoms with Gasteiger partial charge in [0.05, 0.1) is 38.1 Å². The molecule has 1 fully saturated rings. The first-order valence-corrected chi connectivity index (χ1v) is 11.0. The van der Waals surface area contributed by atoms with Crippen molar-refractivity contribution in [1.82, 2.24) is 9.97 Å². The molecular formula is C24H27ClN4O3. The Morgan fingerprint density at radius 2 is 1.66 bits per heavy atom. The van der Waals surface area contributed by atoms with E-state index in [1.54, 1.807) is 6.07 Å². The van der Waals surface area contributed by atoms with Crippen LogP contribution >= 0.6 is 11.6 Å². The predicted molar refractivity (Wildman–Crippen MR) is 124 cm³/mol. The first-order chi connectivity index (χ1) is 15.6. The lowest BCUT2D eigenvalue weighted by Crippen LogP contribution is -2.35. The molecule has 1 aliphatic carbocycles. The number of halogens is 1. The molecule has 0 saturated heterocycles. The molecule has 7 nitrogen and oxygen atoms in total. The molecule has 3 aromatic rings. The van der Waals surface area contributed by atoms with Crippen LogP contribution < -0.4 is 11.1 Å². The van der Waals surface area contributed by atoms with Gasteiger partial charge in [-0.3, -0.25) is 0 Å². The fourth-order valence-electron chi connectivity index (χ4n) is 3.99. The van der Waals surface area contributed by atoms with E-state index in [0.29, 0.717) is 32.1 Å². The number of nitrogens with one attached hydrogen (secondary N) is 1. The molecule has 168 valence electrons. The summed E-state index contributed by atoms with van der Waals surface area (Å²) in [5, 5.41) is 14.6. The second-order valence-electron chi connectivity index (χ2n) is 7.91. The zero-order chi connectivity index (χ0) is 22.3. The van der Waals surface area contributed by atoms with E-state index in [-0.39, 0.29) is 29.2 Å². The molecule has 1 saturated carbocycles. The van der Waals surface area contributed by atoms with Crippen LogP contribution in [0.25, 0.3) is 0 Å². The fraction of sp³-hybridized carbons (Fsp3) is 0.333. The van der Waals surface area contributed by atoms with Gasteiger partial charge in [-0.25, -0.2) is 4.98 Å². The quantitative estimate of drug-likeness (QED) is 0.422. The maximum atomic E-state index is 11.1. The molecule has 0 radical (unpaired) electrons. The number of aliphatic hydroxyl groups is 1. The number of aromatic nitrogens is 2. The van der Waals surface area contributed by atoms with E-state index in [9.17, 15) is 5.11 Å². The number of anilines is 2. The molecular weight excluding hydrogens is 430 g/mol. The van der Waals surface area contributed by atoms with E-state index in [1.807, 2.05) is 60.7 Å². The number of aliphatic hydroxyl groups excluding tert-OH is 1. The normalized spacial score (nSPS) is 22.7. The van der Waals surface area contributed by atoms with Gasteiger partial charge in [0.2, 0.25) is 5.95 Å². The summed E-state index contributed by atoms with van der Waals surface area (Å²) in [5.74, 6) is 0.348. The Hall–Kier alpha value is -2.71. The maximum Gasteiger partial charge on any atom is 0.223 e. The van der Waals surface area contributed by atoms with Crippen LogP contribution in [-0.2, 0) is 22.7 Å². The standard InChI is InChI=1S/C24H27ClN4O3/c25-21-12-22(29-24(26)28-21)27-19-11-20(32-14-17-9-5-2-6-10-17)18(23(19)30)15-31-13-16-7-3-1-4-8-16/h1-10,12,18-20,23,30H,11,13-15H2,(H3,26,27,28,29)/t18-,19+,20+,23+/m1/s1/i21+1,22+1.